The van der Waals surface area contributed by atoms with Crippen LogP contribution in [0.5, 0.6) is 0 Å². The van der Waals surface area contributed by atoms with Crippen molar-refractivity contribution in [1.29, 1.82) is 0 Å². The molecule has 0 radical (unpaired) electrons. The topological polar surface area (TPSA) is 88.3 Å². The smallest absolute Gasteiger partial charge is 0.257 e. The van der Waals surface area contributed by atoms with Crippen LogP contribution in [-0.2, 0) is 16.8 Å². The van der Waals surface area contributed by atoms with Crippen LogP contribution in [0.4, 0.5) is 4.39 Å². The van der Waals surface area contributed by atoms with Gasteiger partial charge in [-0.1, -0.05) is 57.9 Å². The number of fused-ring (bicyclic) bond motifs is 1. The fourth-order valence-electron chi connectivity index (χ4n) is 4.23. The summed E-state index contributed by atoms with van der Waals surface area (Å²) in [5, 5.41) is 16.9. The van der Waals surface area contributed by atoms with E-state index in [4.69, 9.17) is 23.2 Å². The van der Waals surface area contributed by atoms with Crippen LogP contribution >= 0.6 is 45.8 Å². The molecule has 1 atom stereocenters. The van der Waals surface area contributed by atoms with Crippen LogP contribution in [0.25, 0.3) is 0 Å². The summed E-state index contributed by atoms with van der Waals surface area (Å²) < 4.78 is 17.8. The molecule has 0 bridgehead atoms. The second-order valence-electron chi connectivity index (χ2n) is 8.14. The van der Waals surface area contributed by atoms with Crippen LogP contribution < -0.4 is 0 Å². The van der Waals surface area contributed by atoms with Gasteiger partial charge in [-0.05, 0) is 36.4 Å². The Hall–Kier alpha value is -2.86. The lowest BCUT2D eigenvalue weighted by Gasteiger charge is -2.34. The van der Waals surface area contributed by atoms with Gasteiger partial charge < -0.3 is 5.11 Å². The van der Waals surface area contributed by atoms with E-state index in [1.165, 1.54) is 42.7 Å². The molecule has 0 spiro atoms. The average Bonchev–Trinajstić information content (AvgIpc) is 3.43. The number of ketones is 1. The van der Waals surface area contributed by atoms with Gasteiger partial charge in [-0.2, -0.15) is 5.10 Å². The number of aliphatic hydroxyl groups is 1. The lowest BCUT2D eigenvalue weighted by Crippen LogP contribution is -2.44. The lowest BCUT2D eigenvalue weighted by molar-refractivity contribution is -0.0567. The van der Waals surface area contributed by atoms with E-state index >= 15 is 4.39 Å². The van der Waals surface area contributed by atoms with Crippen LogP contribution in [0.15, 0.2) is 67.1 Å². The maximum atomic E-state index is 15.7. The van der Waals surface area contributed by atoms with Gasteiger partial charge in [-0.25, -0.2) is 4.39 Å². The van der Waals surface area contributed by atoms with Crippen LogP contribution in [0, 0.1) is 5.82 Å². The van der Waals surface area contributed by atoms with E-state index in [0.717, 1.165) is 11.0 Å². The minimum absolute atomic E-state index is 0.0301. The molecule has 3 heterocycles. The Balaban J connectivity index is 1.64. The van der Waals surface area contributed by atoms with Crippen molar-refractivity contribution < 1.29 is 19.1 Å². The van der Waals surface area contributed by atoms with E-state index in [0.29, 0.717) is 20.3 Å². The number of hydrogen-bond acceptors (Lipinski definition) is 5. The van der Waals surface area contributed by atoms with E-state index < -0.39 is 23.2 Å². The first-order valence-corrected chi connectivity index (χ1v) is 12.9. The second kappa shape index (κ2) is 9.55. The van der Waals surface area contributed by atoms with E-state index in [9.17, 15) is 14.7 Å². The molecular formula is C25H16Cl2FIN4O3. The monoisotopic (exact) mass is 636 g/mol. The number of hydrogen-bond donors (Lipinski definition) is 1. The lowest BCUT2D eigenvalue weighted by atomic mass is 9.91. The number of carbonyl (C=O) groups excluding carboxylic acids is 2. The highest BCUT2D eigenvalue weighted by molar-refractivity contribution is 14.1. The van der Waals surface area contributed by atoms with Crippen LogP contribution in [-0.4, -0.2) is 36.5 Å². The Morgan fingerprint density at radius 2 is 1.78 bits per heavy atom. The number of nitrogens with zero attached hydrogens (tertiary/aromatic N) is 4. The van der Waals surface area contributed by atoms with Crippen LogP contribution in [0.3, 0.4) is 0 Å². The first-order valence-electron chi connectivity index (χ1n) is 10.6. The van der Waals surface area contributed by atoms with Gasteiger partial charge in [-0.15, -0.1) is 0 Å². The number of amides is 1. The molecule has 182 valence electrons. The number of halogens is 4. The summed E-state index contributed by atoms with van der Waals surface area (Å²) >= 11 is 14.1. The highest BCUT2D eigenvalue weighted by atomic mass is 127. The molecule has 0 saturated heterocycles. The summed E-state index contributed by atoms with van der Waals surface area (Å²) in [6, 6.07) is 11.7. The summed E-state index contributed by atoms with van der Waals surface area (Å²) in [4.78, 5) is 32.0. The molecule has 1 aliphatic rings. The summed E-state index contributed by atoms with van der Waals surface area (Å²) in [7, 11) is 0. The molecule has 5 rings (SSSR count). The van der Waals surface area contributed by atoms with Gasteiger partial charge in [0, 0.05) is 28.5 Å². The molecule has 1 amide bonds. The maximum absolute atomic E-state index is 15.7. The summed E-state index contributed by atoms with van der Waals surface area (Å²) in [5.41, 5.74) is -1.65. The molecule has 0 aliphatic carbocycles. The van der Waals surface area contributed by atoms with Crippen molar-refractivity contribution in [3.63, 3.8) is 0 Å². The van der Waals surface area contributed by atoms with Crippen molar-refractivity contribution in [2.45, 2.75) is 16.8 Å². The van der Waals surface area contributed by atoms with Crippen molar-refractivity contribution in [3.8, 4) is 0 Å². The fourth-order valence-corrected chi connectivity index (χ4v) is 4.84. The molecule has 4 aromatic rings. The zero-order chi connectivity index (χ0) is 25.6. The van der Waals surface area contributed by atoms with Gasteiger partial charge in [0.05, 0.1) is 44.7 Å². The van der Waals surface area contributed by atoms with Crippen molar-refractivity contribution in [1.82, 2.24) is 19.7 Å². The molecule has 2 aromatic carbocycles. The van der Waals surface area contributed by atoms with Gasteiger partial charge in [0.1, 0.15) is 5.82 Å². The van der Waals surface area contributed by atoms with Gasteiger partial charge in [-0.3, -0.25) is 24.2 Å². The zero-order valence-electron chi connectivity index (χ0n) is 18.3. The SMILES string of the molecule is O=C(c1cc(F)c2c(c1)C(=O)N(Cc1ccc(Cl)cn1)C2(O)c1ccc(Cl)cc1)c1cnn(CI)c1. The standard InChI is InChI=1S/C25H16Cl2FIN4O3/c26-17-3-1-16(2-4-17)25(36)22-20(24(35)33(25)12-19-6-5-18(27)10-30-19)7-14(8-21(22)28)23(34)15-9-31-32(11-15)13-29/h1-11,36H,12-13H2. The predicted octanol–water partition coefficient (Wildman–Crippen LogP) is 5.20. The number of aromatic nitrogens is 3. The third-order valence-electron chi connectivity index (χ3n) is 5.94. The Bertz CT molecular complexity index is 1490. The highest BCUT2D eigenvalue weighted by Gasteiger charge is 2.52. The number of benzene rings is 2. The minimum atomic E-state index is -2.17. The molecule has 0 saturated carbocycles. The molecule has 11 heteroatoms. The van der Waals surface area contributed by atoms with E-state index in [1.807, 2.05) is 0 Å². The number of rotatable bonds is 6. The normalized spacial score (nSPS) is 16.9. The van der Waals surface area contributed by atoms with Crippen molar-refractivity contribution in [2.75, 3.05) is 0 Å². The number of alkyl halides is 1. The Morgan fingerprint density at radius 3 is 2.42 bits per heavy atom. The first kappa shape index (κ1) is 24.8. The van der Waals surface area contributed by atoms with E-state index in [1.54, 1.807) is 23.0 Å². The molecule has 1 N–H and O–H groups in total. The Kier molecular flexibility index (Phi) is 6.58. The molecule has 0 fully saturated rings. The second-order valence-corrected chi connectivity index (χ2v) is 9.69. The van der Waals surface area contributed by atoms with Crippen molar-refractivity contribution in [3.05, 3.63) is 116 Å². The Morgan fingerprint density at radius 1 is 1.06 bits per heavy atom. The molecule has 2 aromatic heterocycles. The quantitative estimate of drug-likeness (QED) is 0.179. The maximum Gasteiger partial charge on any atom is 0.257 e. The predicted molar refractivity (Wildman–Crippen MR) is 140 cm³/mol. The molecular weight excluding hydrogens is 621 g/mol. The van der Waals surface area contributed by atoms with Gasteiger partial charge >= 0.3 is 0 Å². The fraction of sp³-hybridized carbons (Fsp3) is 0.120. The van der Waals surface area contributed by atoms with Crippen molar-refractivity contribution >= 4 is 57.5 Å². The van der Waals surface area contributed by atoms with E-state index in [2.05, 4.69) is 32.7 Å². The highest BCUT2D eigenvalue weighted by Crippen LogP contribution is 2.45. The molecule has 1 aliphatic heterocycles. The Labute approximate surface area is 228 Å². The summed E-state index contributed by atoms with van der Waals surface area (Å²) in [6.45, 7) is -0.144. The summed E-state index contributed by atoms with van der Waals surface area (Å²) in [5.74, 6) is -2.04. The van der Waals surface area contributed by atoms with Crippen molar-refractivity contribution in [2.24, 2.45) is 0 Å². The number of carbonyl (C=O) groups is 2. The first-order chi connectivity index (χ1) is 17.2. The molecule has 36 heavy (non-hydrogen) atoms. The van der Waals surface area contributed by atoms with Gasteiger partial charge in [0.15, 0.2) is 11.5 Å². The van der Waals surface area contributed by atoms with Gasteiger partial charge in [0.2, 0.25) is 0 Å². The molecule has 7 nitrogen and oxygen atoms in total. The zero-order valence-corrected chi connectivity index (χ0v) is 22.0. The van der Waals surface area contributed by atoms with Crippen LogP contribution in [0.1, 0.15) is 43.1 Å². The minimum Gasteiger partial charge on any atom is -0.363 e. The largest absolute Gasteiger partial charge is 0.363 e. The van der Waals surface area contributed by atoms with Gasteiger partial charge in [0.25, 0.3) is 5.91 Å². The molecule has 1 unspecified atom stereocenters. The third-order valence-corrected chi connectivity index (χ3v) is 7.12. The average molecular weight is 637 g/mol. The number of pyridine rings is 1. The van der Waals surface area contributed by atoms with E-state index in [-0.39, 0.29) is 34.4 Å². The van der Waals surface area contributed by atoms with Crippen LogP contribution in [0.2, 0.25) is 10.0 Å². The summed E-state index contributed by atoms with van der Waals surface area (Å²) in [6.07, 6.45) is 4.35. The third kappa shape index (κ3) is 4.19.